The normalized spacial score (nSPS) is 10.4. The van der Waals surface area contributed by atoms with Crippen LogP contribution in [0.15, 0.2) is 41.3 Å². The van der Waals surface area contributed by atoms with Crippen molar-refractivity contribution >= 4 is 11.6 Å². The predicted octanol–water partition coefficient (Wildman–Crippen LogP) is 2.46. The number of aryl methyl sites for hydroxylation is 1. The standard InChI is InChI=1S/C14H15ClN2O2/c1-17-14(18)9-12(10-16-17)11-3-5-13(6-4-11)19-8-2-7-15/h3-6,9-10H,2,7-8H2,1H3. The Morgan fingerprint density at radius 3 is 2.63 bits per heavy atom. The van der Waals surface area contributed by atoms with Gasteiger partial charge in [0.25, 0.3) is 5.56 Å². The van der Waals surface area contributed by atoms with Crippen molar-refractivity contribution in [2.24, 2.45) is 7.05 Å². The maximum absolute atomic E-state index is 11.5. The minimum Gasteiger partial charge on any atom is -0.494 e. The molecule has 1 aromatic heterocycles. The molecule has 0 N–H and O–H groups in total. The third kappa shape index (κ3) is 3.58. The van der Waals surface area contributed by atoms with E-state index in [0.717, 1.165) is 23.3 Å². The molecule has 0 unspecified atom stereocenters. The molecule has 0 aliphatic rings. The SMILES string of the molecule is Cn1ncc(-c2ccc(OCCCCl)cc2)cc1=O. The lowest BCUT2D eigenvalue weighted by Gasteiger charge is -2.06. The fraction of sp³-hybridized carbons (Fsp3) is 0.286. The van der Waals surface area contributed by atoms with E-state index in [1.165, 1.54) is 4.68 Å². The Balaban J connectivity index is 2.13. The quantitative estimate of drug-likeness (QED) is 0.623. The first-order chi connectivity index (χ1) is 9.20. The number of halogens is 1. The highest BCUT2D eigenvalue weighted by Gasteiger charge is 2.01. The van der Waals surface area contributed by atoms with Gasteiger partial charge in [-0.05, 0) is 24.1 Å². The molecule has 5 heteroatoms. The van der Waals surface area contributed by atoms with Crippen molar-refractivity contribution in [2.75, 3.05) is 12.5 Å². The molecule has 2 aromatic rings. The van der Waals surface area contributed by atoms with Crippen LogP contribution in [0.5, 0.6) is 5.75 Å². The van der Waals surface area contributed by atoms with Gasteiger partial charge < -0.3 is 4.74 Å². The zero-order valence-corrected chi connectivity index (χ0v) is 11.4. The molecular weight excluding hydrogens is 264 g/mol. The predicted molar refractivity (Wildman–Crippen MR) is 75.7 cm³/mol. The lowest BCUT2D eigenvalue weighted by molar-refractivity contribution is 0.318. The fourth-order valence-electron chi connectivity index (χ4n) is 1.62. The average Bonchev–Trinajstić information content (AvgIpc) is 2.43. The largest absolute Gasteiger partial charge is 0.494 e. The van der Waals surface area contributed by atoms with Crippen molar-refractivity contribution in [1.82, 2.24) is 9.78 Å². The highest BCUT2D eigenvalue weighted by molar-refractivity contribution is 6.17. The third-order valence-electron chi connectivity index (χ3n) is 2.70. The number of ether oxygens (including phenoxy) is 1. The van der Waals surface area contributed by atoms with E-state index in [0.29, 0.717) is 12.5 Å². The molecule has 2 rings (SSSR count). The number of rotatable bonds is 5. The molecule has 0 fully saturated rings. The smallest absolute Gasteiger partial charge is 0.267 e. The Kier molecular flexibility index (Phi) is 4.58. The van der Waals surface area contributed by atoms with Crippen LogP contribution in [0.25, 0.3) is 11.1 Å². The molecule has 0 amide bonds. The lowest BCUT2D eigenvalue weighted by Crippen LogP contribution is -2.17. The summed E-state index contributed by atoms with van der Waals surface area (Å²) in [6.45, 7) is 0.607. The molecule has 0 bridgehead atoms. The first-order valence-electron chi connectivity index (χ1n) is 6.03. The number of aromatic nitrogens is 2. The molecule has 0 aliphatic heterocycles. The van der Waals surface area contributed by atoms with E-state index in [1.54, 1.807) is 19.3 Å². The molecular formula is C14H15ClN2O2. The molecule has 19 heavy (non-hydrogen) atoms. The number of benzene rings is 1. The second kappa shape index (κ2) is 6.38. The van der Waals surface area contributed by atoms with Gasteiger partial charge in [0.1, 0.15) is 5.75 Å². The van der Waals surface area contributed by atoms with Crippen LogP contribution in [0.1, 0.15) is 6.42 Å². The summed E-state index contributed by atoms with van der Waals surface area (Å²) < 4.78 is 6.81. The molecule has 0 radical (unpaired) electrons. The van der Waals surface area contributed by atoms with Gasteiger partial charge in [-0.3, -0.25) is 4.79 Å². The molecule has 1 aromatic carbocycles. The third-order valence-corrected chi connectivity index (χ3v) is 2.97. The van der Waals surface area contributed by atoms with Crippen LogP contribution in [0.4, 0.5) is 0 Å². The summed E-state index contributed by atoms with van der Waals surface area (Å²) in [4.78, 5) is 11.5. The van der Waals surface area contributed by atoms with Crippen LogP contribution in [0, 0.1) is 0 Å². The van der Waals surface area contributed by atoms with Gasteiger partial charge in [-0.25, -0.2) is 4.68 Å². The minimum absolute atomic E-state index is 0.125. The highest BCUT2D eigenvalue weighted by atomic mass is 35.5. The number of hydrogen-bond donors (Lipinski definition) is 0. The number of nitrogens with zero attached hydrogens (tertiary/aromatic N) is 2. The van der Waals surface area contributed by atoms with Crippen molar-refractivity contribution in [2.45, 2.75) is 6.42 Å². The van der Waals surface area contributed by atoms with Gasteiger partial charge in [0.05, 0.1) is 12.8 Å². The van der Waals surface area contributed by atoms with Crippen LogP contribution in [-0.4, -0.2) is 22.3 Å². The van der Waals surface area contributed by atoms with E-state index < -0.39 is 0 Å². The van der Waals surface area contributed by atoms with Crippen LogP contribution in [0.3, 0.4) is 0 Å². The van der Waals surface area contributed by atoms with Crippen LogP contribution in [-0.2, 0) is 7.05 Å². The second-order valence-electron chi connectivity index (χ2n) is 4.12. The Hall–Kier alpha value is -1.81. The van der Waals surface area contributed by atoms with E-state index in [-0.39, 0.29) is 5.56 Å². The Labute approximate surface area is 116 Å². The van der Waals surface area contributed by atoms with Crippen molar-refractivity contribution in [1.29, 1.82) is 0 Å². The van der Waals surface area contributed by atoms with Gasteiger partial charge >= 0.3 is 0 Å². The van der Waals surface area contributed by atoms with Crippen molar-refractivity contribution in [3.8, 4) is 16.9 Å². The Morgan fingerprint density at radius 2 is 2.00 bits per heavy atom. The van der Waals surface area contributed by atoms with Gasteiger partial charge in [0.2, 0.25) is 0 Å². The van der Waals surface area contributed by atoms with Crippen molar-refractivity contribution < 1.29 is 4.74 Å². The molecule has 0 aliphatic carbocycles. The Bertz CT molecular complexity index is 593. The first kappa shape index (κ1) is 13.6. The molecule has 1 heterocycles. The zero-order valence-electron chi connectivity index (χ0n) is 10.7. The molecule has 0 saturated heterocycles. The summed E-state index contributed by atoms with van der Waals surface area (Å²) in [5.74, 6) is 1.39. The topological polar surface area (TPSA) is 44.1 Å². The van der Waals surface area contributed by atoms with Crippen molar-refractivity contribution in [3.05, 3.63) is 46.9 Å². The summed E-state index contributed by atoms with van der Waals surface area (Å²) in [7, 11) is 1.62. The lowest BCUT2D eigenvalue weighted by atomic mass is 10.1. The molecule has 4 nitrogen and oxygen atoms in total. The summed E-state index contributed by atoms with van der Waals surface area (Å²) in [5, 5.41) is 4.00. The number of alkyl halides is 1. The van der Waals surface area contributed by atoms with Gasteiger partial charge in [0, 0.05) is 24.6 Å². The summed E-state index contributed by atoms with van der Waals surface area (Å²) in [6.07, 6.45) is 2.49. The molecule has 0 saturated carbocycles. The molecule has 100 valence electrons. The van der Waals surface area contributed by atoms with Gasteiger partial charge in [-0.1, -0.05) is 12.1 Å². The Morgan fingerprint density at radius 1 is 1.26 bits per heavy atom. The first-order valence-corrected chi connectivity index (χ1v) is 6.57. The van der Waals surface area contributed by atoms with E-state index in [4.69, 9.17) is 16.3 Å². The monoisotopic (exact) mass is 278 g/mol. The van der Waals surface area contributed by atoms with Crippen LogP contribution >= 0.6 is 11.6 Å². The van der Waals surface area contributed by atoms with Crippen LogP contribution < -0.4 is 10.3 Å². The van der Waals surface area contributed by atoms with Gasteiger partial charge in [-0.2, -0.15) is 5.10 Å². The van der Waals surface area contributed by atoms with Gasteiger partial charge in [0.15, 0.2) is 0 Å². The molecule has 0 spiro atoms. The van der Waals surface area contributed by atoms with E-state index in [9.17, 15) is 4.79 Å². The molecule has 0 atom stereocenters. The minimum atomic E-state index is -0.125. The zero-order chi connectivity index (χ0) is 13.7. The van der Waals surface area contributed by atoms with E-state index in [1.807, 2.05) is 24.3 Å². The highest BCUT2D eigenvalue weighted by Crippen LogP contribution is 2.20. The summed E-state index contributed by atoms with van der Waals surface area (Å²) in [5.41, 5.74) is 1.62. The van der Waals surface area contributed by atoms with Gasteiger partial charge in [-0.15, -0.1) is 11.6 Å². The maximum Gasteiger partial charge on any atom is 0.267 e. The second-order valence-corrected chi connectivity index (χ2v) is 4.50. The van der Waals surface area contributed by atoms with Crippen molar-refractivity contribution in [3.63, 3.8) is 0 Å². The summed E-state index contributed by atoms with van der Waals surface area (Å²) >= 11 is 5.58. The number of hydrogen-bond acceptors (Lipinski definition) is 3. The average molecular weight is 279 g/mol. The van der Waals surface area contributed by atoms with E-state index >= 15 is 0 Å². The van der Waals surface area contributed by atoms with E-state index in [2.05, 4.69) is 5.10 Å². The fourth-order valence-corrected chi connectivity index (χ4v) is 1.72. The summed E-state index contributed by atoms with van der Waals surface area (Å²) in [6, 6.07) is 9.14. The van der Waals surface area contributed by atoms with Crippen LogP contribution in [0.2, 0.25) is 0 Å². The maximum atomic E-state index is 11.5.